The quantitative estimate of drug-likeness (QED) is 0.584. The maximum absolute atomic E-state index is 5.87. The second-order valence-electron chi connectivity index (χ2n) is 5.99. The molecule has 0 aliphatic carbocycles. The Balaban J connectivity index is 2.09. The Morgan fingerprint density at radius 2 is 1.70 bits per heavy atom. The van der Waals surface area contributed by atoms with Gasteiger partial charge in [-0.25, -0.2) is 0 Å². The Hall–Kier alpha value is -1.08. The lowest BCUT2D eigenvalue weighted by atomic mass is 9.95. The van der Waals surface area contributed by atoms with Crippen LogP contribution in [0.4, 0.5) is 0 Å². The number of aryl methyl sites for hydroxylation is 3. The number of hydrogen-bond acceptors (Lipinski definition) is 1. The van der Waals surface area contributed by atoms with Crippen molar-refractivity contribution < 1.29 is 4.74 Å². The average molecular weight is 272 g/mol. The third-order valence-corrected chi connectivity index (χ3v) is 4.12. The lowest BCUT2D eigenvalue weighted by molar-refractivity contribution is 0.124. The number of benzene rings is 1. The topological polar surface area (TPSA) is 9.23 Å². The Morgan fingerprint density at radius 1 is 0.900 bits per heavy atom. The second-order valence-corrected chi connectivity index (χ2v) is 5.99. The Bertz CT molecular complexity index is 445. The normalized spacial score (nSPS) is 19.9. The van der Waals surface area contributed by atoms with Crippen LogP contribution in [0.15, 0.2) is 24.3 Å². The summed E-state index contributed by atoms with van der Waals surface area (Å²) in [5.74, 6) is 0. The minimum absolute atomic E-state index is 0.773. The summed E-state index contributed by atoms with van der Waals surface area (Å²) in [5.41, 5.74) is 5.71. The molecule has 1 heterocycles. The fourth-order valence-electron chi connectivity index (χ4n) is 3.01. The summed E-state index contributed by atoms with van der Waals surface area (Å²) in [6.45, 7) is 6.03. The zero-order chi connectivity index (χ0) is 14.2. The summed E-state index contributed by atoms with van der Waals surface area (Å²) in [5, 5.41) is 0. The summed E-state index contributed by atoms with van der Waals surface area (Å²) in [6.07, 6.45) is 13.4. The molecule has 0 N–H and O–H groups in total. The molecule has 0 saturated heterocycles. The van der Waals surface area contributed by atoms with Gasteiger partial charge in [0.1, 0.15) is 0 Å². The SMILES string of the molecule is Cc1cc(C)c2c(c1)CCCCCC/C=C\CCOC2. The number of allylic oxidation sites excluding steroid dienone is 1. The predicted molar refractivity (Wildman–Crippen MR) is 86.1 cm³/mol. The van der Waals surface area contributed by atoms with Gasteiger partial charge < -0.3 is 4.74 Å². The monoisotopic (exact) mass is 272 g/mol. The maximum Gasteiger partial charge on any atom is 0.0722 e. The third-order valence-electron chi connectivity index (χ3n) is 4.12. The van der Waals surface area contributed by atoms with Crippen LogP contribution in [-0.4, -0.2) is 6.61 Å². The van der Waals surface area contributed by atoms with Crippen molar-refractivity contribution >= 4 is 0 Å². The van der Waals surface area contributed by atoms with Crippen molar-refractivity contribution in [2.24, 2.45) is 0 Å². The highest BCUT2D eigenvalue weighted by Crippen LogP contribution is 2.21. The van der Waals surface area contributed by atoms with Gasteiger partial charge in [-0.3, -0.25) is 0 Å². The highest BCUT2D eigenvalue weighted by Gasteiger charge is 2.07. The fourth-order valence-corrected chi connectivity index (χ4v) is 3.01. The highest BCUT2D eigenvalue weighted by molar-refractivity contribution is 5.38. The van der Waals surface area contributed by atoms with Crippen LogP contribution in [-0.2, 0) is 17.8 Å². The molecule has 2 rings (SSSR count). The molecule has 1 aliphatic heterocycles. The van der Waals surface area contributed by atoms with E-state index in [2.05, 4.69) is 38.1 Å². The van der Waals surface area contributed by atoms with E-state index in [0.29, 0.717) is 0 Å². The fraction of sp³-hybridized carbons (Fsp3) is 0.579. The molecular weight excluding hydrogens is 244 g/mol. The predicted octanol–water partition coefficient (Wildman–Crippen LogP) is 5.27. The van der Waals surface area contributed by atoms with Gasteiger partial charge in [-0.2, -0.15) is 0 Å². The molecule has 20 heavy (non-hydrogen) atoms. The standard InChI is InChI=1S/C19H28O/c1-16-13-17(2)19-15-20-12-10-8-6-4-3-5-7-9-11-18(19)14-16/h6,8,13-14H,3-5,7,9-12,15H2,1-2H3/b8-6-. The average Bonchev–Trinajstić information content (AvgIpc) is 2.41. The molecule has 1 aromatic rings. The van der Waals surface area contributed by atoms with Crippen LogP contribution < -0.4 is 0 Å². The molecule has 1 nitrogen and oxygen atoms in total. The van der Waals surface area contributed by atoms with E-state index in [1.54, 1.807) is 0 Å². The number of fused-ring (bicyclic) bond motifs is 1. The van der Waals surface area contributed by atoms with Gasteiger partial charge >= 0.3 is 0 Å². The molecule has 0 spiro atoms. The van der Waals surface area contributed by atoms with E-state index in [4.69, 9.17) is 4.74 Å². The smallest absolute Gasteiger partial charge is 0.0722 e. The lowest BCUT2D eigenvalue weighted by Crippen LogP contribution is -2.03. The van der Waals surface area contributed by atoms with Gasteiger partial charge in [0.15, 0.2) is 0 Å². The second kappa shape index (κ2) is 8.26. The molecule has 110 valence electrons. The van der Waals surface area contributed by atoms with E-state index in [1.165, 1.54) is 60.8 Å². The van der Waals surface area contributed by atoms with E-state index in [9.17, 15) is 0 Å². The molecule has 0 aromatic heterocycles. The molecule has 1 heteroatoms. The Labute approximate surface area is 124 Å². The number of rotatable bonds is 0. The third kappa shape index (κ3) is 4.79. The van der Waals surface area contributed by atoms with E-state index in [0.717, 1.165) is 19.6 Å². The summed E-state index contributed by atoms with van der Waals surface area (Å²) in [4.78, 5) is 0. The van der Waals surface area contributed by atoms with E-state index < -0.39 is 0 Å². The maximum atomic E-state index is 5.87. The molecule has 0 bridgehead atoms. The Kier molecular flexibility index (Phi) is 6.32. The first-order chi connectivity index (χ1) is 9.77. The molecule has 0 amide bonds. The number of ether oxygens (including phenoxy) is 1. The van der Waals surface area contributed by atoms with Gasteiger partial charge in [-0.1, -0.05) is 42.7 Å². The zero-order valence-electron chi connectivity index (χ0n) is 13.1. The van der Waals surface area contributed by atoms with Gasteiger partial charge in [0.05, 0.1) is 13.2 Å². The summed E-state index contributed by atoms with van der Waals surface area (Å²) < 4.78 is 5.87. The first-order valence-electron chi connectivity index (χ1n) is 8.09. The van der Waals surface area contributed by atoms with Crippen LogP contribution in [0, 0.1) is 13.8 Å². The van der Waals surface area contributed by atoms with Crippen LogP contribution in [0.2, 0.25) is 0 Å². The summed E-state index contributed by atoms with van der Waals surface area (Å²) in [6, 6.07) is 4.64. The van der Waals surface area contributed by atoms with Gasteiger partial charge in [0, 0.05) is 0 Å². The lowest BCUT2D eigenvalue weighted by Gasteiger charge is -2.15. The summed E-state index contributed by atoms with van der Waals surface area (Å²) >= 11 is 0. The van der Waals surface area contributed by atoms with Crippen LogP contribution in [0.3, 0.4) is 0 Å². The van der Waals surface area contributed by atoms with E-state index in [1.807, 2.05) is 0 Å². The molecular formula is C19H28O. The largest absolute Gasteiger partial charge is 0.376 e. The minimum Gasteiger partial charge on any atom is -0.376 e. The van der Waals surface area contributed by atoms with Crippen molar-refractivity contribution in [2.45, 2.75) is 65.4 Å². The molecule has 1 aromatic carbocycles. The number of hydrogen-bond donors (Lipinski definition) is 0. The van der Waals surface area contributed by atoms with Gasteiger partial charge in [0.25, 0.3) is 0 Å². The van der Waals surface area contributed by atoms with Crippen molar-refractivity contribution in [2.75, 3.05) is 6.61 Å². The van der Waals surface area contributed by atoms with Crippen LogP contribution in [0.25, 0.3) is 0 Å². The molecule has 0 saturated carbocycles. The molecule has 1 aliphatic rings. The van der Waals surface area contributed by atoms with Gasteiger partial charge in [-0.15, -0.1) is 0 Å². The van der Waals surface area contributed by atoms with Gasteiger partial charge in [0.2, 0.25) is 0 Å². The zero-order valence-corrected chi connectivity index (χ0v) is 13.1. The first-order valence-corrected chi connectivity index (χ1v) is 8.09. The van der Waals surface area contributed by atoms with E-state index in [-0.39, 0.29) is 0 Å². The van der Waals surface area contributed by atoms with E-state index >= 15 is 0 Å². The molecule has 0 unspecified atom stereocenters. The minimum atomic E-state index is 0.773. The van der Waals surface area contributed by atoms with Crippen molar-refractivity contribution in [3.63, 3.8) is 0 Å². The van der Waals surface area contributed by atoms with Crippen molar-refractivity contribution in [3.8, 4) is 0 Å². The van der Waals surface area contributed by atoms with Crippen LogP contribution in [0.1, 0.15) is 60.8 Å². The van der Waals surface area contributed by atoms with Crippen molar-refractivity contribution in [1.29, 1.82) is 0 Å². The van der Waals surface area contributed by atoms with Crippen LogP contribution in [0.5, 0.6) is 0 Å². The molecule has 0 radical (unpaired) electrons. The highest BCUT2D eigenvalue weighted by atomic mass is 16.5. The molecule has 0 fully saturated rings. The van der Waals surface area contributed by atoms with Gasteiger partial charge in [-0.05, 0) is 62.6 Å². The van der Waals surface area contributed by atoms with Crippen molar-refractivity contribution in [3.05, 3.63) is 46.5 Å². The molecule has 0 atom stereocenters. The Morgan fingerprint density at radius 3 is 2.60 bits per heavy atom. The summed E-state index contributed by atoms with van der Waals surface area (Å²) in [7, 11) is 0. The van der Waals surface area contributed by atoms with Crippen LogP contribution >= 0.6 is 0 Å². The first kappa shape index (κ1) is 15.3. The van der Waals surface area contributed by atoms with Crippen molar-refractivity contribution in [1.82, 2.24) is 0 Å².